The zero-order chi connectivity index (χ0) is 22.6. The number of nitrogens with one attached hydrogen (secondary N) is 1. The van der Waals surface area contributed by atoms with E-state index in [1.54, 1.807) is 6.07 Å². The smallest absolute Gasteiger partial charge is 0.252 e. The molecule has 2 atom stereocenters. The Balaban J connectivity index is 0.000000412. The number of ether oxygens (including phenoxy) is 3. The summed E-state index contributed by atoms with van der Waals surface area (Å²) in [6, 6.07) is 5.56. The van der Waals surface area contributed by atoms with Crippen LogP contribution in [0, 0.1) is 0 Å². The van der Waals surface area contributed by atoms with Gasteiger partial charge in [-0.05, 0) is 51.3 Å². The number of primary amides is 1. The number of amides is 2. The fraction of sp³-hybridized carbons (Fsp3) is 0.652. The number of carbonyl (C=O) groups excluding carboxylic acids is 2. The SMILES string of the molecule is CCOCCCOc1cc(C(C)N(C=O)C2CC2)ccc1C(N)=O.C[C@H]1CNCCO1. The first kappa shape index (κ1) is 25.1. The highest BCUT2D eigenvalue weighted by Gasteiger charge is 2.32. The van der Waals surface area contributed by atoms with Gasteiger partial charge in [-0.25, -0.2) is 0 Å². The molecule has 0 spiro atoms. The minimum atomic E-state index is -0.525. The van der Waals surface area contributed by atoms with E-state index in [1.807, 2.05) is 30.9 Å². The van der Waals surface area contributed by atoms with E-state index in [4.69, 9.17) is 19.9 Å². The summed E-state index contributed by atoms with van der Waals surface area (Å²) >= 11 is 0. The van der Waals surface area contributed by atoms with Crippen molar-refractivity contribution in [3.63, 3.8) is 0 Å². The first-order valence-corrected chi connectivity index (χ1v) is 11.2. The number of carbonyl (C=O) groups is 2. The van der Waals surface area contributed by atoms with Crippen LogP contribution in [0.2, 0.25) is 0 Å². The molecule has 1 unspecified atom stereocenters. The summed E-state index contributed by atoms with van der Waals surface area (Å²) in [4.78, 5) is 24.8. The van der Waals surface area contributed by atoms with E-state index in [0.29, 0.717) is 43.3 Å². The van der Waals surface area contributed by atoms with Crippen LogP contribution in [0.5, 0.6) is 5.75 Å². The summed E-state index contributed by atoms with van der Waals surface area (Å²) in [7, 11) is 0. The molecule has 1 aliphatic carbocycles. The van der Waals surface area contributed by atoms with Crippen LogP contribution in [0.1, 0.15) is 62.0 Å². The van der Waals surface area contributed by atoms with Crippen molar-refractivity contribution in [2.45, 2.75) is 58.2 Å². The zero-order valence-electron chi connectivity index (χ0n) is 19.0. The van der Waals surface area contributed by atoms with Crippen molar-refractivity contribution in [3.8, 4) is 5.75 Å². The van der Waals surface area contributed by atoms with Crippen molar-refractivity contribution in [2.75, 3.05) is 39.5 Å². The molecule has 1 heterocycles. The van der Waals surface area contributed by atoms with Crippen LogP contribution in [-0.4, -0.2) is 68.9 Å². The van der Waals surface area contributed by atoms with Crippen molar-refractivity contribution in [1.82, 2.24) is 10.2 Å². The van der Waals surface area contributed by atoms with Gasteiger partial charge in [0.05, 0.1) is 30.9 Å². The second-order valence-electron chi connectivity index (χ2n) is 7.86. The van der Waals surface area contributed by atoms with E-state index in [-0.39, 0.29) is 6.04 Å². The highest BCUT2D eigenvalue weighted by molar-refractivity contribution is 5.95. The lowest BCUT2D eigenvalue weighted by atomic mass is 10.0. The maximum absolute atomic E-state index is 11.6. The quantitative estimate of drug-likeness (QED) is 0.408. The van der Waals surface area contributed by atoms with Crippen molar-refractivity contribution in [1.29, 1.82) is 0 Å². The number of nitrogens with two attached hydrogens (primary N) is 1. The molecule has 2 aliphatic rings. The van der Waals surface area contributed by atoms with E-state index in [9.17, 15) is 9.59 Å². The fourth-order valence-electron chi connectivity index (χ4n) is 3.34. The van der Waals surface area contributed by atoms with Crippen LogP contribution < -0.4 is 15.8 Å². The molecular weight excluding hydrogens is 398 g/mol. The summed E-state index contributed by atoms with van der Waals surface area (Å²) < 4.78 is 16.2. The Hall–Kier alpha value is -2.16. The average molecular weight is 436 g/mol. The number of hydrogen-bond donors (Lipinski definition) is 2. The summed E-state index contributed by atoms with van der Waals surface area (Å²) in [5.74, 6) is -0.0616. The standard InChI is InChI=1S/C18H26N2O4.C5H11NO/c1-3-23-9-4-10-24-17-11-14(5-8-16(17)18(19)22)13(2)20(12-21)15-6-7-15;1-5-4-6-2-3-7-5/h5,8,11-13,15H,3-4,6-7,9-10H2,1-2H3,(H2,19,22);5-6H,2-4H2,1H3/t;5-/m.0/s1. The van der Waals surface area contributed by atoms with Gasteiger partial charge in [-0.1, -0.05) is 6.07 Å². The lowest BCUT2D eigenvalue weighted by molar-refractivity contribution is -0.120. The Bertz CT molecular complexity index is 690. The third kappa shape index (κ3) is 8.47. The molecule has 3 N–H and O–H groups in total. The van der Waals surface area contributed by atoms with Crippen molar-refractivity contribution < 1.29 is 23.8 Å². The second-order valence-corrected chi connectivity index (χ2v) is 7.86. The Labute approximate surface area is 185 Å². The summed E-state index contributed by atoms with van der Waals surface area (Å²) in [5.41, 5.74) is 6.71. The summed E-state index contributed by atoms with van der Waals surface area (Å²) in [6.07, 6.45) is 4.14. The first-order valence-electron chi connectivity index (χ1n) is 11.2. The molecule has 2 fully saturated rings. The van der Waals surface area contributed by atoms with Crippen LogP contribution in [0.3, 0.4) is 0 Å². The van der Waals surface area contributed by atoms with Gasteiger partial charge in [0.1, 0.15) is 5.75 Å². The predicted octanol–water partition coefficient (Wildman–Crippen LogP) is 2.27. The predicted molar refractivity (Wildman–Crippen MR) is 119 cm³/mol. The van der Waals surface area contributed by atoms with E-state index in [0.717, 1.165) is 50.9 Å². The van der Waals surface area contributed by atoms with Crippen LogP contribution in [-0.2, 0) is 14.3 Å². The molecule has 31 heavy (non-hydrogen) atoms. The van der Waals surface area contributed by atoms with Crippen LogP contribution in [0.4, 0.5) is 0 Å². The van der Waals surface area contributed by atoms with Crippen LogP contribution >= 0.6 is 0 Å². The lowest BCUT2D eigenvalue weighted by Gasteiger charge is -2.26. The fourth-order valence-corrected chi connectivity index (χ4v) is 3.34. The van der Waals surface area contributed by atoms with E-state index < -0.39 is 5.91 Å². The Morgan fingerprint density at radius 3 is 2.68 bits per heavy atom. The minimum Gasteiger partial charge on any atom is -0.493 e. The van der Waals surface area contributed by atoms with Gasteiger partial charge in [0.25, 0.3) is 5.91 Å². The monoisotopic (exact) mass is 435 g/mol. The van der Waals surface area contributed by atoms with Gasteiger partial charge in [0, 0.05) is 38.8 Å². The average Bonchev–Trinajstić information content (AvgIpc) is 3.60. The van der Waals surface area contributed by atoms with E-state index in [2.05, 4.69) is 12.2 Å². The van der Waals surface area contributed by atoms with Crippen molar-refractivity contribution >= 4 is 12.3 Å². The molecule has 8 heteroatoms. The van der Waals surface area contributed by atoms with Gasteiger partial charge in [0.15, 0.2) is 0 Å². The molecule has 3 rings (SSSR count). The Morgan fingerprint density at radius 1 is 1.39 bits per heavy atom. The Morgan fingerprint density at radius 2 is 2.16 bits per heavy atom. The van der Waals surface area contributed by atoms with Crippen molar-refractivity contribution in [3.05, 3.63) is 29.3 Å². The van der Waals surface area contributed by atoms with Crippen LogP contribution in [0.25, 0.3) is 0 Å². The number of nitrogens with zero attached hydrogens (tertiary/aromatic N) is 1. The molecule has 174 valence electrons. The normalized spacial score (nSPS) is 19.0. The van der Waals surface area contributed by atoms with E-state index >= 15 is 0 Å². The summed E-state index contributed by atoms with van der Waals surface area (Å²) in [6.45, 7) is 10.6. The molecule has 1 saturated heterocycles. The molecule has 1 aliphatic heterocycles. The molecule has 0 radical (unpaired) electrons. The molecule has 1 saturated carbocycles. The highest BCUT2D eigenvalue weighted by atomic mass is 16.5. The van der Waals surface area contributed by atoms with Gasteiger partial charge >= 0.3 is 0 Å². The highest BCUT2D eigenvalue weighted by Crippen LogP contribution is 2.34. The lowest BCUT2D eigenvalue weighted by Crippen LogP contribution is -2.36. The number of morpholine rings is 1. The molecule has 2 amide bonds. The van der Waals surface area contributed by atoms with E-state index in [1.165, 1.54) is 0 Å². The molecule has 0 aromatic heterocycles. The third-order valence-electron chi connectivity index (χ3n) is 5.30. The molecule has 1 aromatic carbocycles. The Kier molecular flexibility index (Phi) is 10.8. The van der Waals surface area contributed by atoms with Gasteiger partial charge in [-0.2, -0.15) is 0 Å². The second kappa shape index (κ2) is 13.3. The maximum Gasteiger partial charge on any atom is 0.252 e. The third-order valence-corrected chi connectivity index (χ3v) is 5.30. The van der Waals surface area contributed by atoms with Crippen LogP contribution in [0.15, 0.2) is 18.2 Å². The molecule has 1 aromatic rings. The van der Waals surface area contributed by atoms with Crippen molar-refractivity contribution in [2.24, 2.45) is 5.73 Å². The van der Waals surface area contributed by atoms with Gasteiger partial charge < -0.3 is 30.2 Å². The topological polar surface area (TPSA) is 103 Å². The van der Waals surface area contributed by atoms with Gasteiger partial charge in [-0.15, -0.1) is 0 Å². The first-order chi connectivity index (χ1) is 15.0. The molecule has 8 nitrogen and oxygen atoms in total. The molecular formula is C23H37N3O5. The maximum atomic E-state index is 11.6. The number of benzene rings is 1. The molecule has 0 bridgehead atoms. The number of hydrogen-bond acceptors (Lipinski definition) is 6. The summed E-state index contributed by atoms with van der Waals surface area (Å²) in [5, 5.41) is 3.21. The zero-order valence-corrected chi connectivity index (χ0v) is 19.0. The van der Waals surface area contributed by atoms with Gasteiger partial charge in [0.2, 0.25) is 6.41 Å². The number of rotatable bonds is 11. The largest absolute Gasteiger partial charge is 0.493 e. The van der Waals surface area contributed by atoms with Gasteiger partial charge in [-0.3, -0.25) is 9.59 Å². The minimum absolute atomic E-state index is 0.0669.